The van der Waals surface area contributed by atoms with E-state index < -0.39 is 10.0 Å². The lowest BCUT2D eigenvalue weighted by Gasteiger charge is -2.23. The van der Waals surface area contributed by atoms with Crippen molar-refractivity contribution in [3.8, 4) is 5.75 Å². The summed E-state index contributed by atoms with van der Waals surface area (Å²) in [7, 11) is -3.66. The Balaban J connectivity index is 1.59. The highest BCUT2D eigenvalue weighted by Gasteiger charge is 2.23. The van der Waals surface area contributed by atoms with Gasteiger partial charge in [0.15, 0.2) is 6.61 Å². The average molecular weight is 433 g/mol. The van der Waals surface area contributed by atoms with Gasteiger partial charge in [0, 0.05) is 19.7 Å². The van der Waals surface area contributed by atoms with Crippen LogP contribution in [-0.2, 0) is 19.6 Å². The number of carbonyl (C=O) groups is 1. The molecule has 1 fully saturated rings. The summed E-state index contributed by atoms with van der Waals surface area (Å²) in [6.45, 7) is 5.12. The topological polar surface area (TPSA) is 84.9 Å². The van der Waals surface area contributed by atoms with Crippen molar-refractivity contribution in [3.05, 3.63) is 54.1 Å². The number of nitrogens with zero attached hydrogens (tertiary/aromatic N) is 1. The number of amides is 1. The number of carbonyl (C=O) groups excluding carboxylic acids is 1. The Morgan fingerprint density at radius 2 is 1.87 bits per heavy atom. The molecule has 1 amide bonds. The predicted octanol–water partition coefficient (Wildman–Crippen LogP) is 2.88. The molecule has 1 aliphatic rings. The highest BCUT2D eigenvalue weighted by atomic mass is 32.2. The molecule has 8 heteroatoms. The van der Waals surface area contributed by atoms with E-state index >= 15 is 0 Å². The summed E-state index contributed by atoms with van der Waals surface area (Å²) in [5, 5.41) is 2.80. The number of anilines is 1. The molecule has 0 aliphatic carbocycles. The zero-order chi connectivity index (χ0) is 21.6. The second-order valence-electron chi connectivity index (χ2n) is 7.20. The number of ether oxygens (including phenoxy) is 2. The summed E-state index contributed by atoms with van der Waals surface area (Å²) in [6, 6.07) is 13.5. The molecule has 30 heavy (non-hydrogen) atoms. The number of hydrogen-bond donors (Lipinski definition) is 1. The Bertz CT molecular complexity index is 936. The first-order chi connectivity index (χ1) is 14.4. The van der Waals surface area contributed by atoms with Crippen LogP contribution in [0.4, 0.5) is 5.69 Å². The predicted molar refractivity (Wildman–Crippen MR) is 115 cm³/mol. The van der Waals surface area contributed by atoms with Gasteiger partial charge in [0.2, 0.25) is 0 Å². The van der Waals surface area contributed by atoms with E-state index in [-0.39, 0.29) is 23.5 Å². The van der Waals surface area contributed by atoms with Crippen LogP contribution in [0.15, 0.2) is 53.4 Å². The van der Waals surface area contributed by atoms with Crippen LogP contribution in [0.2, 0.25) is 0 Å². The molecule has 3 rings (SSSR count). The first-order valence-corrected chi connectivity index (χ1v) is 11.5. The van der Waals surface area contributed by atoms with Crippen LogP contribution in [0.5, 0.6) is 5.75 Å². The number of aryl methyl sites for hydroxylation is 1. The van der Waals surface area contributed by atoms with Gasteiger partial charge in [-0.3, -0.25) is 9.10 Å². The van der Waals surface area contributed by atoms with Crippen LogP contribution in [0.3, 0.4) is 0 Å². The summed E-state index contributed by atoms with van der Waals surface area (Å²) < 4.78 is 38.3. The van der Waals surface area contributed by atoms with Gasteiger partial charge in [-0.1, -0.05) is 17.7 Å². The lowest BCUT2D eigenvalue weighted by atomic mass is 10.2. The fourth-order valence-electron chi connectivity index (χ4n) is 3.27. The highest BCUT2D eigenvalue weighted by molar-refractivity contribution is 7.92. The third-order valence-corrected chi connectivity index (χ3v) is 6.86. The normalized spacial score (nSPS) is 16.3. The van der Waals surface area contributed by atoms with Gasteiger partial charge in [0.05, 0.1) is 16.7 Å². The fraction of sp³-hybridized carbons (Fsp3) is 0.409. The van der Waals surface area contributed by atoms with Crippen molar-refractivity contribution in [2.75, 3.05) is 30.6 Å². The van der Waals surface area contributed by atoms with E-state index in [1.807, 2.05) is 6.92 Å². The van der Waals surface area contributed by atoms with Gasteiger partial charge in [0.1, 0.15) is 5.75 Å². The molecule has 1 aliphatic heterocycles. The number of rotatable bonds is 9. The van der Waals surface area contributed by atoms with Crippen LogP contribution in [0.25, 0.3) is 0 Å². The third kappa shape index (κ3) is 5.52. The van der Waals surface area contributed by atoms with Gasteiger partial charge in [-0.2, -0.15) is 0 Å². The van der Waals surface area contributed by atoms with Crippen molar-refractivity contribution in [1.29, 1.82) is 0 Å². The molecule has 1 saturated heterocycles. The Labute approximate surface area is 178 Å². The largest absolute Gasteiger partial charge is 0.484 e. The van der Waals surface area contributed by atoms with E-state index in [4.69, 9.17) is 9.47 Å². The Morgan fingerprint density at radius 3 is 2.47 bits per heavy atom. The summed E-state index contributed by atoms with van der Waals surface area (Å²) in [6.07, 6.45) is 2.07. The monoisotopic (exact) mass is 432 g/mol. The fourth-order valence-corrected chi connectivity index (χ4v) is 4.74. The third-order valence-electron chi connectivity index (χ3n) is 4.94. The molecule has 0 aromatic heterocycles. The van der Waals surface area contributed by atoms with Crippen LogP contribution >= 0.6 is 0 Å². The van der Waals surface area contributed by atoms with Gasteiger partial charge < -0.3 is 14.8 Å². The van der Waals surface area contributed by atoms with Crippen molar-refractivity contribution in [2.24, 2.45) is 0 Å². The van der Waals surface area contributed by atoms with E-state index in [0.717, 1.165) is 25.0 Å². The molecule has 7 nitrogen and oxygen atoms in total. The molecular weight excluding hydrogens is 404 g/mol. The highest BCUT2D eigenvalue weighted by Crippen LogP contribution is 2.25. The van der Waals surface area contributed by atoms with E-state index in [1.54, 1.807) is 55.5 Å². The number of sulfonamides is 1. The maximum absolute atomic E-state index is 13.0. The van der Waals surface area contributed by atoms with Crippen molar-refractivity contribution in [1.82, 2.24) is 5.32 Å². The van der Waals surface area contributed by atoms with Gasteiger partial charge in [-0.25, -0.2) is 8.42 Å². The van der Waals surface area contributed by atoms with Crippen LogP contribution < -0.4 is 14.4 Å². The molecule has 0 saturated carbocycles. The second kappa shape index (κ2) is 9.95. The Hall–Kier alpha value is -2.58. The van der Waals surface area contributed by atoms with Gasteiger partial charge in [-0.05, 0) is 63.1 Å². The Morgan fingerprint density at radius 1 is 1.17 bits per heavy atom. The van der Waals surface area contributed by atoms with Crippen molar-refractivity contribution >= 4 is 21.6 Å². The van der Waals surface area contributed by atoms with Crippen molar-refractivity contribution < 1.29 is 22.7 Å². The van der Waals surface area contributed by atoms with E-state index in [2.05, 4.69) is 5.32 Å². The molecule has 2 aromatic rings. The standard InChI is InChI=1S/C22H28N2O5S/c1-3-24(30(26,27)21-12-6-17(2)7-13-21)18-8-10-19(11-9-18)29-16-22(25)23-15-20-5-4-14-28-20/h6-13,20H,3-5,14-16H2,1-2H3,(H,23,25)/t20-/m0/s1. The molecular formula is C22H28N2O5S. The van der Waals surface area contributed by atoms with Gasteiger partial charge in [0.25, 0.3) is 15.9 Å². The van der Waals surface area contributed by atoms with E-state index in [9.17, 15) is 13.2 Å². The number of nitrogens with one attached hydrogen (secondary N) is 1. The van der Waals surface area contributed by atoms with E-state index in [1.165, 1.54) is 4.31 Å². The average Bonchev–Trinajstić information content (AvgIpc) is 3.26. The lowest BCUT2D eigenvalue weighted by Crippen LogP contribution is -2.35. The summed E-state index contributed by atoms with van der Waals surface area (Å²) >= 11 is 0. The molecule has 1 heterocycles. The SMILES string of the molecule is CCN(c1ccc(OCC(=O)NC[C@@H]2CCCO2)cc1)S(=O)(=O)c1ccc(C)cc1. The summed E-state index contributed by atoms with van der Waals surface area (Å²) in [5.41, 5.74) is 1.53. The van der Waals surface area contributed by atoms with E-state index in [0.29, 0.717) is 24.5 Å². The van der Waals surface area contributed by atoms with Crippen molar-refractivity contribution in [3.63, 3.8) is 0 Å². The first-order valence-electron chi connectivity index (χ1n) is 10.1. The number of benzene rings is 2. The minimum Gasteiger partial charge on any atom is -0.484 e. The smallest absolute Gasteiger partial charge is 0.264 e. The first kappa shape index (κ1) is 22.1. The minimum atomic E-state index is -3.66. The molecule has 1 N–H and O–H groups in total. The molecule has 0 spiro atoms. The molecule has 0 unspecified atom stereocenters. The zero-order valence-corrected chi connectivity index (χ0v) is 18.2. The molecule has 162 valence electrons. The number of hydrogen-bond acceptors (Lipinski definition) is 5. The van der Waals surface area contributed by atoms with Gasteiger partial charge >= 0.3 is 0 Å². The van der Waals surface area contributed by atoms with Crippen molar-refractivity contribution in [2.45, 2.75) is 37.7 Å². The lowest BCUT2D eigenvalue weighted by molar-refractivity contribution is -0.123. The minimum absolute atomic E-state index is 0.0868. The molecule has 0 radical (unpaired) electrons. The Kier molecular flexibility index (Phi) is 7.33. The van der Waals surface area contributed by atoms with Gasteiger partial charge in [-0.15, -0.1) is 0 Å². The summed E-state index contributed by atoms with van der Waals surface area (Å²) in [5.74, 6) is 0.279. The van der Waals surface area contributed by atoms with Crippen LogP contribution in [0, 0.1) is 6.92 Å². The van der Waals surface area contributed by atoms with Crippen LogP contribution in [0.1, 0.15) is 25.3 Å². The summed E-state index contributed by atoms with van der Waals surface area (Å²) in [4.78, 5) is 12.2. The second-order valence-corrected chi connectivity index (χ2v) is 9.07. The molecule has 0 bridgehead atoms. The quantitative estimate of drug-likeness (QED) is 0.659. The maximum Gasteiger partial charge on any atom is 0.264 e. The molecule has 2 aromatic carbocycles. The van der Waals surface area contributed by atoms with Crippen LogP contribution in [-0.4, -0.2) is 46.7 Å². The zero-order valence-electron chi connectivity index (χ0n) is 17.3. The maximum atomic E-state index is 13.0. The molecule has 1 atom stereocenters.